The third-order valence-corrected chi connectivity index (χ3v) is 6.94. The molecule has 1 amide bonds. The second-order valence-electron chi connectivity index (χ2n) is 8.99. The van der Waals surface area contributed by atoms with Gasteiger partial charge in [-0.25, -0.2) is 0 Å². The molecule has 7 nitrogen and oxygen atoms in total. The monoisotopic (exact) mass is 475 g/mol. The minimum absolute atomic E-state index is 0.0975. The summed E-state index contributed by atoms with van der Waals surface area (Å²) in [4.78, 5) is 18.6. The van der Waals surface area contributed by atoms with Crippen molar-refractivity contribution < 1.29 is 9.53 Å². The fourth-order valence-electron chi connectivity index (χ4n) is 5.08. The highest BCUT2D eigenvalue weighted by Gasteiger charge is 2.43. The molecular formula is C26H29N5O2S. The number of benzene rings is 1. The van der Waals surface area contributed by atoms with Crippen molar-refractivity contribution in [3.63, 3.8) is 0 Å². The number of anilines is 2. The average Bonchev–Trinajstić information content (AvgIpc) is 3.52. The van der Waals surface area contributed by atoms with Crippen LogP contribution in [0.25, 0.3) is 0 Å². The summed E-state index contributed by atoms with van der Waals surface area (Å²) >= 11 is 5.88. The van der Waals surface area contributed by atoms with Crippen molar-refractivity contribution in [1.82, 2.24) is 14.9 Å². The predicted octanol–water partition coefficient (Wildman–Crippen LogP) is 4.98. The molecular weight excluding hydrogens is 446 g/mol. The highest BCUT2D eigenvalue weighted by Crippen LogP contribution is 2.46. The molecule has 3 heterocycles. The number of methoxy groups -OCH3 is 1. The molecule has 2 aliphatic rings. The Morgan fingerprint density at radius 2 is 2.00 bits per heavy atom. The van der Waals surface area contributed by atoms with Crippen LogP contribution in [0.5, 0.6) is 5.75 Å². The van der Waals surface area contributed by atoms with Crippen LogP contribution >= 0.6 is 12.2 Å². The van der Waals surface area contributed by atoms with Gasteiger partial charge in [-0.05, 0) is 80.9 Å². The van der Waals surface area contributed by atoms with E-state index < -0.39 is 0 Å². The number of aryl methyl sites for hydroxylation is 1. The van der Waals surface area contributed by atoms with Crippen LogP contribution in [0.3, 0.4) is 0 Å². The van der Waals surface area contributed by atoms with Crippen molar-refractivity contribution in [2.45, 2.75) is 51.7 Å². The van der Waals surface area contributed by atoms with Crippen LogP contribution < -0.4 is 20.3 Å². The van der Waals surface area contributed by atoms with Gasteiger partial charge in [0.25, 0.3) is 0 Å². The normalized spacial score (nSPS) is 19.8. The molecule has 2 atom stereocenters. The van der Waals surface area contributed by atoms with Crippen LogP contribution in [-0.2, 0) is 4.79 Å². The van der Waals surface area contributed by atoms with E-state index >= 15 is 0 Å². The van der Waals surface area contributed by atoms with E-state index in [1.165, 1.54) is 36.7 Å². The number of hydrogen-bond acceptors (Lipinski definition) is 4. The first-order chi connectivity index (χ1) is 16.4. The largest absolute Gasteiger partial charge is 0.495 e. The molecule has 8 heteroatoms. The van der Waals surface area contributed by atoms with Gasteiger partial charge in [0, 0.05) is 36.2 Å². The first-order valence-electron chi connectivity index (χ1n) is 11.5. The second-order valence-corrected chi connectivity index (χ2v) is 9.38. The van der Waals surface area contributed by atoms with E-state index in [-0.39, 0.29) is 18.0 Å². The number of amides is 1. The maximum Gasteiger partial charge on any atom is 0.221 e. The zero-order valence-corrected chi connectivity index (χ0v) is 20.6. The number of thiocarbonyl (C=S) groups is 1. The molecule has 176 valence electrons. The zero-order chi connectivity index (χ0) is 24.0. The highest BCUT2D eigenvalue weighted by molar-refractivity contribution is 7.80. The maximum absolute atomic E-state index is 11.8. The third kappa shape index (κ3) is 3.92. The van der Waals surface area contributed by atoms with E-state index in [4.69, 9.17) is 17.0 Å². The van der Waals surface area contributed by atoms with Crippen LogP contribution in [0.2, 0.25) is 0 Å². The summed E-state index contributed by atoms with van der Waals surface area (Å²) in [7, 11) is 1.59. The van der Waals surface area contributed by atoms with E-state index in [1.54, 1.807) is 7.11 Å². The summed E-state index contributed by atoms with van der Waals surface area (Å²) in [5, 5.41) is 7.02. The number of aromatic nitrogens is 2. The maximum atomic E-state index is 11.8. The van der Waals surface area contributed by atoms with Crippen LogP contribution in [-0.4, -0.2) is 27.7 Å². The van der Waals surface area contributed by atoms with Gasteiger partial charge in [-0.3, -0.25) is 9.78 Å². The molecule has 3 aromatic rings. The Labute approximate surface area is 205 Å². The van der Waals surface area contributed by atoms with Crippen LogP contribution in [0.1, 0.15) is 60.5 Å². The molecule has 0 bridgehead atoms. The molecule has 0 unspecified atom stereocenters. The second kappa shape index (κ2) is 8.76. The Morgan fingerprint density at radius 1 is 1.21 bits per heavy atom. The molecule has 34 heavy (non-hydrogen) atoms. The fraction of sp³-hybridized carbons (Fsp3) is 0.346. The number of pyridine rings is 1. The number of ether oxygens (including phenoxy) is 1. The van der Waals surface area contributed by atoms with E-state index in [1.807, 2.05) is 42.6 Å². The smallest absolute Gasteiger partial charge is 0.221 e. The summed E-state index contributed by atoms with van der Waals surface area (Å²) in [6, 6.07) is 14.4. The van der Waals surface area contributed by atoms with Crippen molar-refractivity contribution in [3.05, 3.63) is 71.3 Å². The average molecular weight is 476 g/mol. The van der Waals surface area contributed by atoms with Crippen molar-refractivity contribution >= 4 is 34.6 Å². The Kier molecular flexibility index (Phi) is 5.77. The van der Waals surface area contributed by atoms with E-state index in [0.717, 1.165) is 11.4 Å². The summed E-state index contributed by atoms with van der Waals surface area (Å²) < 4.78 is 7.93. The Bertz CT molecular complexity index is 1250. The van der Waals surface area contributed by atoms with Gasteiger partial charge >= 0.3 is 0 Å². The minimum atomic E-state index is -0.159. The topological polar surface area (TPSA) is 71.4 Å². The molecule has 2 N–H and O–H groups in total. The molecule has 0 spiro atoms. The van der Waals surface area contributed by atoms with Crippen LogP contribution in [0.4, 0.5) is 11.4 Å². The summed E-state index contributed by atoms with van der Waals surface area (Å²) in [6.45, 7) is 5.87. The number of nitrogens with one attached hydrogen (secondary N) is 2. The Hall–Kier alpha value is -3.39. The minimum Gasteiger partial charge on any atom is -0.495 e. The molecule has 5 rings (SSSR count). The molecule has 2 fully saturated rings. The number of rotatable bonds is 6. The number of hydrogen-bond donors (Lipinski definition) is 2. The van der Waals surface area contributed by atoms with Gasteiger partial charge in [0.15, 0.2) is 5.11 Å². The Balaban J connectivity index is 1.65. The van der Waals surface area contributed by atoms with Crippen LogP contribution in [0.15, 0.2) is 48.7 Å². The van der Waals surface area contributed by atoms with Crippen molar-refractivity contribution in [3.8, 4) is 5.75 Å². The molecule has 0 radical (unpaired) electrons. The molecule has 1 aliphatic carbocycles. The summed E-state index contributed by atoms with van der Waals surface area (Å²) in [5.74, 6) is 0.440. The summed E-state index contributed by atoms with van der Waals surface area (Å²) in [6.07, 6.45) is 4.27. The standard InChI is InChI=1S/C26H29N5O2S/c1-15-13-20(16(2)30(15)18-8-9-18)25-24(21-7-5-6-12-27-21)29-26(34)31(25)19-10-11-23(33-4)22(14-19)28-17(3)32/h5-7,10-14,18,24-25H,8-9H2,1-4H3,(H,28,32)(H,29,34)/t24-,25-/m0/s1. The van der Waals surface area contributed by atoms with Gasteiger partial charge in [0.1, 0.15) is 5.75 Å². The molecule has 1 aromatic carbocycles. The number of nitrogens with zero attached hydrogens (tertiary/aromatic N) is 3. The van der Waals surface area contributed by atoms with Gasteiger partial charge in [-0.2, -0.15) is 0 Å². The van der Waals surface area contributed by atoms with Gasteiger partial charge in [0.05, 0.1) is 30.6 Å². The molecule has 1 aliphatic heterocycles. The van der Waals surface area contributed by atoms with Crippen LogP contribution in [0, 0.1) is 13.8 Å². The first kappa shape index (κ1) is 22.4. The molecule has 1 saturated carbocycles. The Morgan fingerprint density at radius 3 is 2.65 bits per heavy atom. The number of carbonyl (C=O) groups excluding carboxylic acids is 1. The lowest BCUT2D eigenvalue weighted by molar-refractivity contribution is -0.114. The lowest BCUT2D eigenvalue weighted by Gasteiger charge is -2.29. The lowest BCUT2D eigenvalue weighted by Crippen LogP contribution is -2.29. The van der Waals surface area contributed by atoms with E-state index in [2.05, 4.69) is 45.0 Å². The van der Waals surface area contributed by atoms with Gasteiger partial charge in [-0.15, -0.1) is 0 Å². The summed E-state index contributed by atoms with van der Waals surface area (Å²) in [5.41, 5.74) is 6.17. The first-order valence-corrected chi connectivity index (χ1v) is 11.9. The fourth-order valence-corrected chi connectivity index (χ4v) is 5.42. The van der Waals surface area contributed by atoms with E-state index in [9.17, 15) is 4.79 Å². The third-order valence-electron chi connectivity index (χ3n) is 6.62. The van der Waals surface area contributed by atoms with Gasteiger partial charge in [0.2, 0.25) is 5.91 Å². The van der Waals surface area contributed by atoms with Crippen molar-refractivity contribution in [2.24, 2.45) is 0 Å². The van der Waals surface area contributed by atoms with Crippen molar-refractivity contribution in [1.29, 1.82) is 0 Å². The lowest BCUT2D eigenvalue weighted by atomic mass is 9.96. The SMILES string of the molecule is COc1ccc(N2C(=S)N[C@@H](c3ccccn3)[C@@H]2c2cc(C)n(C3CC3)c2C)cc1NC(C)=O. The predicted molar refractivity (Wildman–Crippen MR) is 137 cm³/mol. The van der Waals surface area contributed by atoms with Gasteiger partial charge in [-0.1, -0.05) is 6.07 Å². The molecule has 1 saturated heterocycles. The van der Waals surface area contributed by atoms with Gasteiger partial charge < -0.3 is 24.8 Å². The quantitative estimate of drug-likeness (QED) is 0.490. The van der Waals surface area contributed by atoms with Crippen molar-refractivity contribution in [2.75, 3.05) is 17.3 Å². The van der Waals surface area contributed by atoms with E-state index in [0.29, 0.717) is 22.6 Å². The molecule has 2 aromatic heterocycles. The zero-order valence-electron chi connectivity index (χ0n) is 19.8. The highest BCUT2D eigenvalue weighted by atomic mass is 32.1. The number of carbonyl (C=O) groups is 1.